The Morgan fingerprint density at radius 3 is 2.85 bits per heavy atom. The minimum absolute atomic E-state index is 0.259. The second-order valence-corrected chi connectivity index (χ2v) is 3.11. The van der Waals surface area contributed by atoms with E-state index in [1.807, 2.05) is 30.5 Å². The van der Waals surface area contributed by atoms with Crippen molar-refractivity contribution in [2.45, 2.75) is 6.04 Å². The lowest BCUT2D eigenvalue weighted by Crippen LogP contribution is -2.36. The standard InChI is InChI=1S/C10H13N3/c11-8-4-5-10(13-7-8)9-3-1-2-6-12-9/h1-6,9,12-13H,7,11H2. The Labute approximate surface area is 77.7 Å². The van der Waals surface area contributed by atoms with Crippen molar-refractivity contribution in [3.05, 3.63) is 48.0 Å². The first-order chi connectivity index (χ1) is 6.36. The molecule has 0 fully saturated rings. The van der Waals surface area contributed by atoms with Crippen LogP contribution in [0.15, 0.2) is 48.0 Å². The van der Waals surface area contributed by atoms with Gasteiger partial charge in [-0.05, 0) is 24.4 Å². The Morgan fingerprint density at radius 1 is 1.31 bits per heavy atom. The summed E-state index contributed by atoms with van der Waals surface area (Å²) >= 11 is 0. The number of nitrogens with one attached hydrogen (secondary N) is 2. The molecule has 0 radical (unpaired) electrons. The molecule has 2 rings (SSSR count). The van der Waals surface area contributed by atoms with E-state index in [0.29, 0.717) is 0 Å². The van der Waals surface area contributed by atoms with Gasteiger partial charge in [0.1, 0.15) is 0 Å². The van der Waals surface area contributed by atoms with E-state index >= 15 is 0 Å². The number of nitrogens with two attached hydrogens (primary N) is 1. The number of dihydropyridines is 2. The van der Waals surface area contributed by atoms with E-state index in [1.165, 1.54) is 0 Å². The van der Waals surface area contributed by atoms with Crippen molar-refractivity contribution in [3.8, 4) is 0 Å². The van der Waals surface area contributed by atoms with E-state index in [4.69, 9.17) is 5.73 Å². The summed E-state index contributed by atoms with van der Waals surface area (Å²) in [5, 5.41) is 6.49. The van der Waals surface area contributed by atoms with Gasteiger partial charge in [0.05, 0.1) is 12.6 Å². The number of hydrogen-bond donors (Lipinski definition) is 3. The quantitative estimate of drug-likeness (QED) is 0.539. The molecule has 3 heteroatoms. The highest BCUT2D eigenvalue weighted by Crippen LogP contribution is 2.08. The molecule has 0 saturated carbocycles. The van der Waals surface area contributed by atoms with Crippen LogP contribution in [0.5, 0.6) is 0 Å². The molecule has 4 N–H and O–H groups in total. The molecule has 1 unspecified atom stereocenters. The Morgan fingerprint density at radius 2 is 2.23 bits per heavy atom. The van der Waals surface area contributed by atoms with E-state index in [-0.39, 0.29) is 6.04 Å². The third kappa shape index (κ3) is 1.75. The molecule has 0 aromatic rings. The third-order valence-electron chi connectivity index (χ3n) is 2.10. The molecule has 13 heavy (non-hydrogen) atoms. The van der Waals surface area contributed by atoms with Crippen molar-refractivity contribution in [1.29, 1.82) is 0 Å². The molecule has 0 bridgehead atoms. The predicted octanol–water partition coefficient (Wildman–Crippen LogP) is 0.358. The summed E-state index contributed by atoms with van der Waals surface area (Å²) in [6.45, 7) is 0.738. The summed E-state index contributed by atoms with van der Waals surface area (Å²) in [5.74, 6) is 0. The summed E-state index contributed by atoms with van der Waals surface area (Å²) in [6, 6.07) is 0.259. The number of rotatable bonds is 1. The van der Waals surface area contributed by atoms with Crippen LogP contribution in [-0.2, 0) is 0 Å². The van der Waals surface area contributed by atoms with Crippen LogP contribution in [-0.4, -0.2) is 12.6 Å². The van der Waals surface area contributed by atoms with Gasteiger partial charge in [0, 0.05) is 11.4 Å². The molecule has 0 aromatic carbocycles. The van der Waals surface area contributed by atoms with Gasteiger partial charge < -0.3 is 16.4 Å². The molecule has 1 atom stereocenters. The van der Waals surface area contributed by atoms with Crippen LogP contribution < -0.4 is 16.4 Å². The first kappa shape index (κ1) is 7.98. The third-order valence-corrected chi connectivity index (χ3v) is 2.10. The number of allylic oxidation sites excluding steroid dienone is 4. The van der Waals surface area contributed by atoms with Crippen molar-refractivity contribution in [3.63, 3.8) is 0 Å². The fraction of sp³-hybridized carbons (Fsp3) is 0.200. The highest BCUT2D eigenvalue weighted by atomic mass is 15.0. The van der Waals surface area contributed by atoms with Crippen LogP contribution in [0.3, 0.4) is 0 Å². The lowest BCUT2D eigenvalue weighted by atomic mass is 10.1. The van der Waals surface area contributed by atoms with E-state index in [1.54, 1.807) is 0 Å². The molecular formula is C10H13N3. The highest BCUT2D eigenvalue weighted by Gasteiger charge is 2.11. The Bertz CT molecular complexity index is 310. The molecule has 0 saturated heterocycles. The van der Waals surface area contributed by atoms with Crippen LogP contribution in [0.2, 0.25) is 0 Å². The van der Waals surface area contributed by atoms with Gasteiger partial charge in [-0.15, -0.1) is 0 Å². The topological polar surface area (TPSA) is 50.1 Å². The molecule has 0 amide bonds. The van der Waals surface area contributed by atoms with Gasteiger partial charge in [-0.2, -0.15) is 0 Å². The van der Waals surface area contributed by atoms with Crippen molar-refractivity contribution in [2.24, 2.45) is 5.73 Å². The largest absolute Gasteiger partial charge is 0.401 e. The normalized spacial score (nSPS) is 25.7. The molecule has 0 aromatic heterocycles. The monoisotopic (exact) mass is 175 g/mol. The zero-order chi connectivity index (χ0) is 9.10. The van der Waals surface area contributed by atoms with Gasteiger partial charge in [0.2, 0.25) is 0 Å². The fourth-order valence-electron chi connectivity index (χ4n) is 1.37. The fourth-order valence-corrected chi connectivity index (χ4v) is 1.37. The van der Waals surface area contributed by atoms with Crippen LogP contribution in [0.25, 0.3) is 0 Å². The zero-order valence-corrected chi connectivity index (χ0v) is 7.33. The van der Waals surface area contributed by atoms with Gasteiger partial charge in [0.15, 0.2) is 0 Å². The lowest BCUT2D eigenvalue weighted by molar-refractivity contribution is 0.692. The SMILES string of the molecule is NC1=CC=C(C2C=CC=CN2)NC1. The maximum Gasteiger partial charge on any atom is 0.0842 e. The average molecular weight is 175 g/mol. The van der Waals surface area contributed by atoms with Gasteiger partial charge in [-0.25, -0.2) is 0 Å². The molecule has 2 heterocycles. The summed E-state index contributed by atoms with van der Waals surface area (Å²) in [5.41, 5.74) is 7.66. The Kier molecular flexibility index (Phi) is 2.08. The predicted molar refractivity (Wildman–Crippen MR) is 53.6 cm³/mol. The Hall–Kier alpha value is -1.64. The van der Waals surface area contributed by atoms with E-state index < -0.39 is 0 Å². The molecule has 2 aliphatic rings. The Balaban J connectivity index is 2.09. The van der Waals surface area contributed by atoms with Crippen LogP contribution in [0.1, 0.15) is 0 Å². The van der Waals surface area contributed by atoms with Crippen molar-refractivity contribution in [2.75, 3.05) is 6.54 Å². The molecule has 0 aliphatic carbocycles. The van der Waals surface area contributed by atoms with Crippen molar-refractivity contribution >= 4 is 0 Å². The summed E-state index contributed by atoms with van der Waals surface area (Å²) in [4.78, 5) is 0. The van der Waals surface area contributed by atoms with Crippen LogP contribution in [0, 0.1) is 0 Å². The molecule has 3 nitrogen and oxygen atoms in total. The van der Waals surface area contributed by atoms with E-state index in [0.717, 1.165) is 17.9 Å². The van der Waals surface area contributed by atoms with Crippen LogP contribution in [0.4, 0.5) is 0 Å². The van der Waals surface area contributed by atoms with E-state index in [2.05, 4.69) is 16.7 Å². The highest BCUT2D eigenvalue weighted by molar-refractivity contribution is 5.31. The molecule has 68 valence electrons. The van der Waals surface area contributed by atoms with E-state index in [9.17, 15) is 0 Å². The second kappa shape index (κ2) is 3.39. The van der Waals surface area contributed by atoms with Crippen molar-refractivity contribution in [1.82, 2.24) is 10.6 Å². The minimum atomic E-state index is 0.259. The average Bonchev–Trinajstić information content (AvgIpc) is 2.20. The summed E-state index contributed by atoms with van der Waals surface area (Å²) in [7, 11) is 0. The molecular weight excluding hydrogens is 162 g/mol. The summed E-state index contributed by atoms with van der Waals surface area (Å²) in [6.07, 6.45) is 12.0. The maximum absolute atomic E-state index is 5.63. The van der Waals surface area contributed by atoms with Gasteiger partial charge in [-0.3, -0.25) is 0 Å². The number of hydrogen-bond acceptors (Lipinski definition) is 3. The van der Waals surface area contributed by atoms with Gasteiger partial charge in [0.25, 0.3) is 0 Å². The van der Waals surface area contributed by atoms with Crippen molar-refractivity contribution < 1.29 is 0 Å². The molecule has 2 aliphatic heterocycles. The second-order valence-electron chi connectivity index (χ2n) is 3.11. The van der Waals surface area contributed by atoms with Crippen LogP contribution >= 0.6 is 0 Å². The molecule has 0 spiro atoms. The first-order valence-electron chi connectivity index (χ1n) is 4.36. The lowest BCUT2D eigenvalue weighted by Gasteiger charge is -2.23. The van der Waals surface area contributed by atoms with Gasteiger partial charge >= 0.3 is 0 Å². The minimum Gasteiger partial charge on any atom is -0.401 e. The van der Waals surface area contributed by atoms with Gasteiger partial charge in [-0.1, -0.05) is 12.2 Å². The zero-order valence-electron chi connectivity index (χ0n) is 7.33. The first-order valence-corrected chi connectivity index (χ1v) is 4.36. The smallest absolute Gasteiger partial charge is 0.0842 e. The summed E-state index contributed by atoms with van der Waals surface area (Å²) < 4.78 is 0. The maximum atomic E-state index is 5.63.